The molecule has 33 heavy (non-hydrogen) atoms. The van der Waals surface area contributed by atoms with Gasteiger partial charge in [-0.25, -0.2) is 13.8 Å². The number of benzene rings is 3. The third-order valence-corrected chi connectivity index (χ3v) is 7.03. The number of carbonyl (C=O) groups is 2. The lowest BCUT2D eigenvalue weighted by molar-refractivity contribution is -0.132. The first-order chi connectivity index (χ1) is 15.8. The third-order valence-electron chi connectivity index (χ3n) is 5.29. The van der Waals surface area contributed by atoms with Gasteiger partial charge in [0.15, 0.2) is 5.13 Å². The quantitative estimate of drug-likeness (QED) is 0.145. The first kappa shape index (κ1) is 21.7. The summed E-state index contributed by atoms with van der Waals surface area (Å²) in [6.07, 6.45) is 0. The van der Waals surface area contributed by atoms with Gasteiger partial charge < -0.3 is 5.11 Å². The van der Waals surface area contributed by atoms with Crippen LogP contribution < -0.4 is 4.90 Å². The van der Waals surface area contributed by atoms with E-state index in [9.17, 15) is 23.5 Å². The lowest BCUT2D eigenvalue weighted by Gasteiger charge is -2.23. The van der Waals surface area contributed by atoms with Crippen molar-refractivity contribution in [1.82, 2.24) is 4.98 Å². The summed E-state index contributed by atoms with van der Waals surface area (Å²) in [7, 11) is 0. The monoisotopic (exact) mass is 574 g/mol. The number of halogens is 3. The van der Waals surface area contributed by atoms with Crippen molar-refractivity contribution >= 4 is 66.7 Å². The summed E-state index contributed by atoms with van der Waals surface area (Å²) in [4.78, 5) is 32.0. The van der Waals surface area contributed by atoms with Gasteiger partial charge in [0, 0.05) is 9.13 Å². The second-order valence-electron chi connectivity index (χ2n) is 7.34. The highest BCUT2D eigenvalue weighted by atomic mass is 127. The van der Waals surface area contributed by atoms with Gasteiger partial charge in [-0.3, -0.25) is 14.5 Å². The maximum Gasteiger partial charge on any atom is 0.301 e. The average Bonchev–Trinajstić information content (AvgIpc) is 3.32. The summed E-state index contributed by atoms with van der Waals surface area (Å²) in [5, 5.41) is 11.2. The van der Waals surface area contributed by atoms with Crippen molar-refractivity contribution < 1.29 is 23.5 Å². The van der Waals surface area contributed by atoms with Gasteiger partial charge in [-0.15, -0.1) is 0 Å². The Morgan fingerprint density at radius 2 is 1.64 bits per heavy atom. The smallest absolute Gasteiger partial charge is 0.301 e. The Bertz CT molecular complexity index is 1450. The lowest BCUT2D eigenvalue weighted by Crippen LogP contribution is -2.29. The summed E-state index contributed by atoms with van der Waals surface area (Å²) >= 11 is 3.21. The van der Waals surface area contributed by atoms with E-state index in [1.165, 1.54) is 35.2 Å². The van der Waals surface area contributed by atoms with E-state index in [0.717, 1.165) is 27.0 Å². The number of fused-ring (bicyclic) bond motifs is 1. The first-order valence-electron chi connectivity index (χ1n) is 9.72. The van der Waals surface area contributed by atoms with Gasteiger partial charge in [0.1, 0.15) is 17.4 Å². The van der Waals surface area contributed by atoms with E-state index in [-0.39, 0.29) is 16.3 Å². The molecule has 0 radical (unpaired) electrons. The zero-order valence-corrected chi connectivity index (χ0v) is 19.6. The number of aliphatic hydroxyl groups excluding tert-OH is 1. The van der Waals surface area contributed by atoms with Gasteiger partial charge in [0.25, 0.3) is 5.78 Å². The molecule has 1 N–H and O–H groups in total. The van der Waals surface area contributed by atoms with Gasteiger partial charge in [-0.1, -0.05) is 23.5 Å². The number of amides is 1. The molecular formula is C24H13F2IN2O3S. The predicted octanol–water partition coefficient (Wildman–Crippen LogP) is 5.81. The van der Waals surface area contributed by atoms with E-state index in [1.54, 1.807) is 12.1 Å². The fourth-order valence-electron chi connectivity index (χ4n) is 3.74. The van der Waals surface area contributed by atoms with Crippen LogP contribution in [0, 0.1) is 15.2 Å². The molecule has 1 unspecified atom stereocenters. The highest BCUT2D eigenvalue weighted by Gasteiger charge is 2.48. The van der Waals surface area contributed by atoms with Crippen LogP contribution in [0.4, 0.5) is 13.9 Å². The molecule has 0 spiro atoms. The number of hydrogen-bond acceptors (Lipinski definition) is 5. The lowest BCUT2D eigenvalue weighted by atomic mass is 9.95. The highest BCUT2D eigenvalue weighted by Crippen LogP contribution is 2.44. The Balaban J connectivity index is 1.73. The molecule has 0 aliphatic carbocycles. The molecule has 9 heteroatoms. The second kappa shape index (κ2) is 8.31. The third kappa shape index (κ3) is 3.80. The molecule has 3 aromatic carbocycles. The number of nitrogens with zero attached hydrogens (tertiary/aromatic N) is 2. The topological polar surface area (TPSA) is 70.5 Å². The predicted molar refractivity (Wildman–Crippen MR) is 130 cm³/mol. The molecule has 4 aromatic rings. The number of anilines is 1. The van der Waals surface area contributed by atoms with Crippen molar-refractivity contribution in [3.05, 3.63) is 98.6 Å². The molecule has 2 heterocycles. The van der Waals surface area contributed by atoms with Crippen LogP contribution in [0.3, 0.4) is 0 Å². The van der Waals surface area contributed by atoms with Crippen LogP contribution in [0.15, 0.2) is 72.3 Å². The Labute approximate surface area is 204 Å². The van der Waals surface area contributed by atoms with E-state index in [0.29, 0.717) is 15.8 Å². The number of thiazole rings is 1. The first-order valence-corrected chi connectivity index (χ1v) is 11.6. The van der Waals surface area contributed by atoms with Crippen molar-refractivity contribution in [3.63, 3.8) is 0 Å². The molecule has 1 atom stereocenters. The largest absolute Gasteiger partial charge is 0.507 e. The number of hydrogen-bond donors (Lipinski definition) is 1. The molecule has 1 aliphatic rings. The summed E-state index contributed by atoms with van der Waals surface area (Å²) in [5.74, 6) is -3.09. The number of ketones is 1. The molecule has 0 bridgehead atoms. The van der Waals surface area contributed by atoms with Crippen molar-refractivity contribution in [1.29, 1.82) is 0 Å². The minimum absolute atomic E-state index is 0.127. The fraction of sp³-hybridized carbons (Fsp3) is 0.0417. The van der Waals surface area contributed by atoms with Gasteiger partial charge in [-0.2, -0.15) is 0 Å². The zero-order chi connectivity index (χ0) is 23.3. The number of carbonyl (C=O) groups excluding carboxylic acids is 2. The van der Waals surface area contributed by atoms with E-state index in [1.807, 2.05) is 12.1 Å². The van der Waals surface area contributed by atoms with Crippen molar-refractivity contribution in [2.45, 2.75) is 6.04 Å². The Kier molecular flexibility index (Phi) is 5.45. The number of Topliss-reactive ketones (excluding diaryl/α,β-unsaturated/α-hetero) is 1. The average molecular weight is 574 g/mol. The molecule has 1 saturated heterocycles. The Morgan fingerprint density at radius 3 is 2.33 bits per heavy atom. The molecule has 5 nitrogen and oxygen atoms in total. The van der Waals surface area contributed by atoms with Crippen LogP contribution in [0.25, 0.3) is 16.0 Å². The van der Waals surface area contributed by atoms with E-state index in [4.69, 9.17) is 0 Å². The minimum Gasteiger partial charge on any atom is -0.507 e. The maximum absolute atomic E-state index is 13.7. The molecular weight excluding hydrogens is 561 g/mol. The van der Waals surface area contributed by atoms with Crippen LogP contribution in [-0.4, -0.2) is 21.8 Å². The molecule has 1 aromatic heterocycles. The Morgan fingerprint density at radius 1 is 0.970 bits per heavy atom. The molecule has 1 fully saturated rings. The summed E-state index contributed by atoms with van der Waals surface area (Å²) in [6, 6.07) is 15.3. The molecule has 1 aliphatic heterocycles. The normalized spacial score (nSPS) is 17.8. The summed E-state index contributed by atoms with van der Waals surface area (Å²) in [6.45, 7) is 0. The fourth-order valence-corrected chi connectivity index (χ4v) is 5.12. The summed E-state index contributed by atoms with van der Waals surface area (Å²) < 4.78 is 28.6. The summed E-state index contributed by atoms with van der Waals surface area (Å²) in [5.41, 5.74) is 1.15. The van der Waals surface area contributed by atoms with Crippen LogP contribution in [0.5, 0.6) is 0 Å². The minimum atomic E-state index is -0.961. The van der Waals surface area contributed by atoms with E-state index >= 15 is 0 Å². The molecule has 5 rings (SSSR count). The van der Waals surface area contributed by atoms with Gasteiger partial charge in [0.05, 0.1) is 21.8 Å². The molecule has 1 amide bonds. The van der Waals surface area contributed by atoms with Gasteiger partial charge >= 0.3 is 5.91 Å². The van der Waals surface area contributed by atoms with Crippen molar-refractivity contribution in [2.24, 2.45) is 0 Å². The number of aromatic nitrogens is 1. The Hall–Kier alpha value is -3.18. The molecule has 0 saturated carbocycles. The van der Waals surface area contributed by atoms with Crippen LogP contribution in [0.2, 0.25) is 0 Å². The number of rotatable bonds is 3. The van der Waals surface area contributed by atoms with Crippen molar-refractivity contribution in [2.75, 3.05) is 4.90 Å². The van der Waals surface area contributed by atoms with Crippen LogP contribution in [-0.2, 0) is 9.59 Å². The van der Waals surface area contributed by atoms with E-state index in [2.05, 4.69) is 27.6 Å². The SMILES string of the molecule is O=C1C(=O)N(c2nc3ccc(F)cc3s2)C(c2ccc(I)cc2)/C1=C(\O)c1ccc(F)cc1. The van der Waals surface area contributed by atoms with Crippen LogP contribution >= 0.6 is 33.9 Å². The maximum atomic E-state index is 13.7. The van der Waals surface area contributed by atoms with Gasteiger partial charge in [-0.05, 0) is 82.8 Å². The van der Waals surface area contributed by atoms with E-state index < -0.39 is 35.1 Å². The molecule has 164 valence electrons. The second-order valence-corrected chi connectivity index (χ2v) is 9.59. The highest BCUT2D eigenvalue weighted by molar-refractivity contribution is 14.1. The van der Waals surface area contributed by atoms with Crippen molar-refractivity contribution in [3.8, 4) is 0 Å². The number of aliphatic hydroxyl groups is 1. The van der Waals surface area contributed by atoms with Crippen LogP contribution in [0.1, 0.15) is 17.2 Å². The standard InChI is InChI=1S/C24H13F2IN2O3S/c25-14-5-1-13(2-6-14)21(30)19-20(12-3-8-16(27)9-4-12)29(23(32)22(19)31)24-28-17-10-7-15(26)11-18(17)33-24/h1-11,20,30H/b21-19+. The zero-order valence-electron chi connectivity index (χ0n) is 16.6. The van der Waals surface area contributed by atoms with Gasteiger partial charge in [0.2, 0.25) is 0 Å².